The first-order valence-corrected chi connectivity index (χ1v) is 8.25. The fourth-order valence-electron chi connectivity index (χ4n) is 2.21. The average Bonchev–Trinajstić information content (AvgIpc) is 2.55. The molecule has 112 valence electrons. The van der Waals surface area contributed by atoms with Gasteiger partial charge in [-0.25, -0.2) is 9.18 Å². The lowest BCUT2D eigenvalue weighted by atomic mass is 10.3. The maximum atomic E-state index is 15.3. The summed E-state index contributed by atoms with van der Waals surface area (Å²) in [6, 6.07) is 15.6. The molecule has 0 radical (unpaired) electrons. The van der Waals surface area contributed by atoms with Crippen molar-refractivity contribution in [3.8, 4) is 11.8 Å². The molecule has 3 nitrogen and oxygen atoms in total. The first-order valence-electron chi connectivity index (χ1n) is 6.54. The predicted molar refractivity (Wildman–Crippen MR) is 84.7 cm³/mol. The Morgan fingerprint density at radius 1 is 1.05 bits per heavy atom. The zero-order valence-corrected chi connectivity index (χ0v) is 12.8. The van der Waals surface area contributed by atoms with Crippen molar-refractivity contribution in [2.75, 3.05) is 0 Å². The number of carboxylic acid groups (broad SMARTS) is 1. The Labute approximate surface area is 128 Å². The topological polar surface area (TPSA) is 54.4 Å². The van der Waals surface area contributed by atoms with E-state index in [0.29, 0.717) is 0 Å². The van der Waals surface area contributed by atoms with Crippen molar-refractivity contribution in [2.24, 2.45) is 0 Å². The molecule has 1 N–H and O–H groups in total. The number of hydrogen-bond acceptors (Lipinski definition) is 2. The first-order chi connectivity index (χ1) is 10.5. The highest BCUT2D eigenvalue weighted by Gasteiger charge is 2.56. The van der Waals surface area contributed by atoms with Gasteiger partial charge in [0.25, 0.3) is 0 Å². The van der Waals surface area contributed by atoms with E-state index >= 15 is 4.39 Å². The lowest BCUT2D eigenvalue weighted by Gasteiger charge is -2.27. The summed E-state index contributed by atoms with van der Waals surface area (Å²) in [5.74, 6) is 2.42. The molecular weight excluding hydrogens is 302 g/mol. The van der Waals surface area contributed by atoms with Gasteiger partial charge in [0, 0.05) is 10.6 Å². The van der Waals surface area contributed by atoms with Crippen molar-refractivity contribution in [1.29, 1.82) is 0 Å². The maximum Gasteiger partial charge on any atom is 0.362 e. The lowest BCUT2D eigenvalue weighted by molar-refractivity contribution is -0.142. The van der Waals surface area contributed by atoms with Gasteiger partial charge < -0.3 is 9.67 Å². The molecule has 5 heteroatoms. The molecule has 0 fully saturated rings. The van der Waals surface area contributed by atoms with Crippen molar-refractivity contribution in [3.05, 3.63) is 60.7 Å². The van der Waals surface area contributed by atoms with E-state index in [-0.39, 0.29) is 10.6 Å². The van der Waals surface area contributed by atoms with Gasteiger partial charge in [0.15, 0.2) is 0 Å². The Bertz CT molecular complexity index is 734. The third kappa shape index (κ3) is 2.45. The van der Waals surface area contributed by atoms with Crippen LogP contribution in [-0.2, 0) is 9.36 Å². The van der Waals surface area contributed by atoms with E-state index in [9.17, 15) is 14.5 Å². The lowest BCUT2D eigenvalue weighted by Crippen LogP contribution is -2.40. The summed E-state index contributed by atoms with van der Waals surface area (Å²) in [5.41, 5.74) is 0. The van der Waals surface area contributed by atoms with E-state index in [4.69, 9.17) is 0 Å². The molecule has 0 spiro atoms. The molecule has 0 aliphatic rings. The Kier molecular flexibility index (Phi) is 4.49. The van der Waals surface area contributed by atoms with Crippen molar-refractivity contribution < 1.29 is 18.9 Å². The van der Waals surface area contributed by atoms with Crippen LogP contribution in [0.5, 0.6) is 0 Å². The third-order valence-electron chi connectivity index (χ3n) is 3.25. The SMILES string of the molecule is CC#CC(F)(C(=O)O)P(=O)(c1ccccc1)c1ccccc1. The van der Waals surface area contributed by atoms with Gasteiger partial charge in [0.1, 0.15) is 0 Å². The van der Waals surface area contributed by atoms with Crippen LogP contribution in [0, 0.1) is 11.8 Å². The second-order valence-corrected chi connectivity index (χ2v) is 7.45. The highest BCUT2D eigenvalue weighted by atomic mass is 31.2. The molecule has 0 aliphatic carbocycles. The normalized spacial score (nSPS) is 13.5. The minimum absolute atomic E-state index is 0.119. The Morgan fingerprint density at radius 3 is 1.77 bits per heavy atom. The van der Waals surface area contributed by atoms with Crippen LogP contribution < -0.4 is 10.6 Å². The summed E-state index contributed by atoms with van der Waals surface area (Å²) in [6.07, 6.45) is 0. The standard InChI is InChI=1S/C17H14FO3P/c1-2-13-17(18,16(19)20)22(21,14-9-5-3-6-10-14)15-11-7-4-8-12-15/h3-12H,1H3,(H,19,20). The molecule has 2 rings (SSSR count). The Balaban J connectivity index is 2.85. The van der Waals surface area contributed by atoms with Gasteiger partial charge >= 0.3 is 11.4 Å². The molecule has 2 aromatic rings. The van der Waals surface area contributed by atoms with Crippen molar-refractivity contribution >= 4 is 23.7 Å². The molecule has 0 bridgehead atoms. The second-order valence-electron chi connectivity index (χ2n) is 4.58. The van der Waals surface area contributed by atoms with E-state index < -0.39 is 18.5 Å². The van der Waals surface area contributed by atoms with Crippen molar-refractivity contribution in [2.45, 2.75) is 12.3 Å². The summed E-state index contributed by atoms with van der Waals surface area (Å²) >= 11 is 0. The Hall–Kier alpha value is -2.37. The molecule has 2 aromatic carbocycles. The fourth-order valence-corrected chi connectivity index (χ4v) is 4.95. The van der Waals surface area contributed by atoms with Crippen LogP contribution in [0.3, 0.4) is 0 Å². The van der Waals surface area contributed by atoms with E-state index in [0.717, 1.165) is 0 Å². The molecule has 1 atom stereocenters. The zero-order valence-electron chi connectivity index (χ0n) is 11.9. The summed E-state index contributed by atoms with van der Waals surface area (Å²) in [7, 11) is -4.16. The summed E-state index contributed by atoms with van der Waals surface area (Å²) < 4.78 is 28.9. The monoisotopic (exact) mass is 316 g/mol. The smallest absolute Gasteiger partial charge is 0.362 e. The molecule has 0 saturated heterocycles. The van der Waals surface area contributed by atoms with E-state index in [1.165, 1.54) is 31.2 Å². The van der Waals surface area contributed by atoms with Gasteiger partial charge in [-0.1, -0.05) is 60.7 Å². The largest absolute Gasteiger partial charge is 0.478 e. The fraction of sp³-hybridized carbons (Fsp3) is 0.118. The molecule has 0 aliphatic heterocycles. The van der Waals surface area contributed by atoms with Crippen LogP contribution in [0.1, 0.15) is 6.92 Å². The number of hydrogen-bond donors (Lipinski definition) is 1. The number of carboxylic acids is 1. The second kappa shape index (κ2) is 6.17. The Morgan fingerprint density at radius 2 is 1.45 bits per heavy atom. The first kappa shape index (κ1) is 16.0. The molecule has 0 amide bonds. The molecule has 0 aromatic heterocycles. The van der Waals surface area contributed by atoms with Gasteiger partial charge in [-0.2, -0.15) is 0 Å². The number of carbonyl (C=O) groups is 1. The maximum absolute atomic E-state index is 15.3. The number of alkyl halides is 1. The van der Waals surface area contributed by atoms with Crippen LogP contribution in [0.4, 0.5) is 4.39 Å². The van der Waals surface area contributed by atoms with Crippen LogP contribution in [0.2, 0.25) is 0 Å². The predicted octanol–water partition coefficient (Wildman–Crippen LogP) is 2.77. The number of benzene rings is 2. The van der Waals surface area contributed by atoms with Gasteiger partial charge in [0.05, 0.1) is 0 Å². The van der Waals surface area contributed by atoms with Gasteiger partial charge in [-0.05, 0) is 12.8 Å². The molecular formula is C17H14FO3P. The minimum Gasteiger partial charge on any atom is -0.478 e. The molecule has 0 heterocycles. The third-order valence-corrected chi connectivity index (χ3v) is 6.47. The van der Waals surface area contributed by atoms with Gasteiger partial charge in [-0.3, -0.25) is 0 Å². The van der Waals surface area contributed by atoms with Gasteiger partial charge in [0.2, 0.25) is 7.14 Å². The highest BCUT2D eigenvalue weighted by molar-refractivity contribution is 7.81. The van der Waals surface area contributed by atoms with Crippen molar-refractivity contribution in [1.82, 2.24) is 0 Å². The van der Waals surface area contributed by atoms with Gasteiger partial charge in [-0.15, -0.1) is 5.92 Å². The van der Waals surface area contributed by atoms with E-state index in [2.05, 4.69) is 5.92 Å². The molecule has 1 unspecified atom stereocenters. The average molecular weight is 316 g/mol. The molecule has 0 saturated carbocycles. The van der Waals surface area contributed by atoms with E-state index in [1.54, 1.807) is 36.4 Å². The molecule has 22 heavy (non-hydrogen) atoms. The zero-order chi connectivity index (χ0) is 16.2. The summed E-state index contributed by atoms with van der Waals surface area (Å²) in [6.45, 7) is 1.32. The minimum atomic E-state index is -4.16. The van der Waals surface area contributed by atoms with Crippen LogP contribution >= 0.6 is 7.14 Å². The summed E-state index contributed by atoms with van der Waals surface area (Å²) in [5, 5.41) is 6.43. The van der Waals surface area contributed by atoms with Crippen LogP contribution in [-0.4, -0.2) is 16.5 Å². The van der Waals surface area contributed by atoms with E-state index in [1.807, 2.05) is 5.92 Å². The quantitative estimate of drug-likeness (QED) is 0.697. The highest BCUT2D eigenvalue weighted by Crippen LogP contribution is 2.57. The summed E-state index contributed by atoms with van der Waals surface area (Å²) in [4.78, 5) is 11.6. The number of halogens is 1. The van der Waals surface area contributed by atoms with Crippen molar-refractivity contribution in [3.63, 3.8) is 0 Å². The van der Waals surface area contributed by atoms with Crippen LogP contribution in [0.15, 0.2) is 60.7 Å². The van der Waals surface area contributed by atoms with Crippen LogP contribution in [0.25, 0.3) is 0 Å². The number of rotatable bonds is 4. The number of aliphatic carboxylic acids is 1.